The molecule has 5 aromatic rings. The average molecular weight is 459 g/mol. The third-order valence-corrected chi connectivity index (χ3v) is 7.62. The summed E-state index contributed by atoms with van der Waals surface area (Å²) in [5.74, 6) is -0.843. The van der Waals surface area contributed by atoms with Gasteiger partial charge < -0.3 is 4.74 Å². The Labute approximate surface area is 188 Å². The number of methoxy groups -OCH3 is 1. The van der Waals surface area contributed by atoms with E-state index in [9.17, 15) is 18.0 Å². The maximum atomic E-state index is 12.9. The van der Waals surface area contributed by atoms with Crippen LogP contribution in [0, 0.1) is 0 Å². The van der Waals surface area contributed by atoms with Gasteiger partial charge in [0.2, 0.25) is 0 Å². The van der Waals surface area contributed by atoms with E-state index in [4.69, 9.17) is 8.92 Å². The van der Waals surface area contributed by atoms with Gasteiger partial charge in [0.15, 0.2) is 0 Å². The van der Waals surface area contributed by atoms with Gasteiger partial charge in [0.05, 0.1) is 13.2 Å². The van der Waals surface area contributed by atoms with Crippen molar-refractivity contribution in [3.8, 4) is 0 Å². The van der Waals surface area contributed by atoms with Gasteiger partial charge >= 0.3 is 0 Å². The highest BCUT2D eigenvalue weighted by Crippen LogP contribution is 2.44. The second kappa shape index (κ2) is 6.95. The molecule has 0 aromatic heterocycles. The van der Waals surface area contributed by atoms with Crippen molar-refractivity contribution in [3.05, 3.63) is 65.7 Å². The molecular weight excluding hydrogens is 442 g/mol. The first kappa shape index (κ1) is 20.0. The van der Waals surface area contributed by atoms with Gasteiger partial charge in [-0.2, -0.15) is 8.42 Å². The van der Waals surface area contributed by atoms with Crippen LogP contribution in [-0.4, -0.2) is 40.6 Å². The van der Waals surface area contributed by atoms with Crippen molar-refractivity contribution in [2.45, 2.75) is 4.90 Å². The number of amides is 2. The second-order valence-electron chi connectivity index (χ2n) is 7.96. The summed E-state index contributed by atoms with van der Waals surface area (Å²) in [6.45, 7) is 0.0817. The molecule has 0 radical (unpaired) electrons. The first-order chi connectivity index (χ1) is 15.9. The summed E-state index contributed by atoms with van der Waals surface area (Å²) in [6, 6.07) is 15.9. The predicted octanol–water partition coefficient (Wildman–Crippen LogP) is 3.97. The standard InChI is InChI=1S/C25H17NO6S/c1-31-11-12-32-33(29,30)20-10-9-14-16-6-8-19-23-18(24(27)26-25(19)28)7-5-15(22(16)23)13-3-2-4-17(20)21(13)14/h2-10H,11-12H2,1H3,(H,26,27,28). The number of carbonyl (C=O) groups is 2. The van der Waals surface area contributed by atoms with E-state index < -0.39 is 21.9 Å². The van der Waals surface area contributed by atoms with E-state index in [0.29, 0.717) is 21.9 Å². The lowest BCUT2D eigenvalue weighted by Crippen LogP contribution is -2.34. The molecule has 2 amide bonds. The Bertz CT molecular complexity index is 1690. The number of rotatable bonds is 5. The fourth-order valence-electron chi connectivity index (χ4n) is 4.90. The topological polar surface area (TPSA) is 98.8 Å². The number of ether oxygens (including phenoxy) is 1. The van der Waals surface area contributed by atoms with Crippen LogP contribution in [0.4, 0.5) is 0 Å². The lowest BCUT2D eigenvalue weighted by atomic mass is 9.85. The van der Waals surface area contributed by atoms with E-state index >= 15 is 0 Å². The number of nitrogens with one attached hydrogen (secondary N) is 1. The quantitative estimate of drug-likeness (QED) is 0.140. The van der Waals surface area contributed by atoms with Crippen LogP contribution in [0.15, 0.2) is 59.5 Å². The monoisotopic (exact) mass is 459 g/mol. The van der Waals surface area contributed by atoms with Crippen LogP contribution in [0.2, 0.25) is 0 Å². The molecule has 1 aliphatic heterocycles. The summed E-state index contributed by atoms with van der Waals surface area (Å²) in [6.07, 6.45) is 0. The Morgan fingerprint density at radius 3 is 1.94 bits per heavy atom. The maximum Gasteiger partial charge on any atom is 0.297 e. The Balaban J connectivity index is 1.75. The molecule has 0 fully saturated rings. The first-order valence-electron chi connectivity index (χ1n) is 10.3. The minimum absolute atomic E-state index is 0.0778. The Kier molecular flexibility index (Phi) is 4.22. The SMILES string of the molecule is COCCOS(=O)(=O)c1ccc2c3ccc4c5c(ccc(c6cccc1c62)c53)C(=O)NC4=O. The van der Waals surface area contributed by atoms with Crippen molar-refractivity contribution >= 4 is 65.0 Å². The average Bonchev–Trinajstić information content (AvgIpc) is 2.81. The van der Waals surface area contributed by atoms with Crippen LogP contribution in [0.1, 0.15) is 20.7 Å². The van der Waals surface area contributed by atoms with E-state index in [0.717, 1.165) is 32.3 Å². The minimum atomic E-state index is -4.01. The predicted molar refractivity (Wildman–Crippen MR) is 124 cm³/mol. The molecule has 0 unspecified atom stereocenters. The number of carbonyl (C=O) groups excluding carboxylic acids is 2. The molecule has 0 saturated heterocycles. The summed E-state index contributed by atoms with van der Waals surface area (Å²) >= 11 is 0. The molecule has 0 bridgehead atoms. The molecule has 1 heterocycles. The van der Waals surface area contributed by atoms with Gasteiger partial charge in [-0.3, -0.25) is 19.1 Å². The molecule has 33 heavy (non-hydrogen) atoms. The van der Waals surface area contributed by atoms with Gasteiger partial charge in [-0.05, 0) is 50.5 Å². The zero-order valence-corrected chi connectivity index (χ0v) is 18.3. The molecule has 0 atom stereocenters. The van der Waals surface area contributed by atoms with Crippen LogP contribution < -0.4 is 5.32 Å². The highest BCUT2D eigenvalue weighted by Gasteiger charge is 2.28. The van der Waals surface area contributed by atoms with E-state index in [1.165, 1.54) is 7.11 Å². The first-order valence-corrected chi connectivity index (χ1v) is 11.7. The van der Waals surface area contributed by atoms with E-state index in [2.05, 4.69) is 5.32 Å². The van der Waals surface area contributed by atoms with E-state index in [1.807, 2.05) is 18.2 Å². The lowest BCUT2D eigenvalue weighted by molar-refractivity contribution is 0.0845. The summed E-state index contributed by atoms with van der Waals surface area (Å²) in [5.41, 5.74) is 0.901. The van der Waals surface area contributed by atoms with Gasteiger partial charge in [-0.25, -0.2) is 0 Å². The van der Waals surface area contributed by atoms with Crippen molar-refractivity contribution in [2.75, 3.05) is 20.3 Å². The van der Waals surface area contributed by atoms with Crippen molar-refractivity contribution in [1.82, 2.24) is 5.32 Å². The highest BCUT2D eigenvalue weighted by atomic mass is 32.2. The van der Waals surface area contributed by atoms with Crippen molar-refractivity contribution in [3.63, 3.8) is 0 Å². The lowest BCUT2D eigenvalue weighted by Gasteiger charge is -2.21. The summed E-state index contributed by atoms with van der Waals surface area (Å²) in [5, 5.41) is 8.55. The molecule has 1 aliphatic rings. The fraction of sp³-hybridized carbons (Fsp3) is 0.120. The molecule has 164 valence electrons. The van der Waals surface area contributed by atoms with Crippen LogP contribution in [-0.2, 0) is 19.0 Å². The fourth-order valence-corrected chi connectivity index (χ4v) is 5.99. The van der Waals surface area contributed by atoms with Gasteiger partial charge in [0.1, 0.15) is 4.90 Å². The molecule has 0 aliphatic carbocycles. The maximum absolute atomic E-state index is 12.9. The van der Waals surface area contributed by atoms with E-state index in [1.54, 1.807) is 36.4 Å². The van der Waals surface area contributed by atoms with Crippen LogP contribution >= 0.6 is 0 Å². The molecule has 0 saturated carbocycles. The zero-order chi connectivity index (χ0) is 22.9. The Morgan fingerprint density at radius 2 is 1.27 bits per heavy atom. The van der Waals surface area contributed by atoms with Crippen LogP contribution in [0.3, 0.4) is 0 Å². The minimum Gasteiger partial charge on any atom is -0.382 e. The smallest absolute Gasteiger partial charge is 0.297 e. The van der Waals surface area contributed by atoms with Gasteiger partial charge in [0.25, 0.3) is 21.9 Å². The van der Waals surface area contributed by atoms with Gasteiger partial charge in [-0.15, -0.1) is 0 Å². The zero-order valence-electron chi connectivity index (χ0n) is 17.5. The summed E-state index contributed by atoms with van der Waals surface area (Å²) < 4.78 is 35.9. The van der Waals surface area contributed by atoms with Crippen LogP contribution in [0.25, 0.3) is 43.1 Å². The normalized spacial score (nSPS) is 14.1. The molecule has 0 spiro atoms. The van der Waals surface area contributed by atoms with Crippen molar-refractivity contribution < 1.29 is 26.9 Å². The third kappa shape index (κ3) is 2.72. The number of hydrogen-bond donors (Lipinski definition) is 1. The summed E-state index contributed by atoms with van der Waals surface area (Å²) in [4.78, 5) is 25.1. The molecule has 7 nitrogen and oxygen atoms in total. The molecular formula is C25H17NO6S. The van der Waals surface area contributed by atoms with Gasteiger partial charge in [0, 0.05) is 29.0 Å². The van der Waals surface area contributed by atoms with Crippen molar-refractivity contribution in [2.24, 2.45) is 0 Å². The Morgan fingerprint density at radius 1 is 0.697 bits per heavy atom. The molecule has 1 N–H and O–H groups in total. The number of hydrogen-bond acceptors (Lipinski definition) is 6. The number of benzene rings is 5. The number of imide groups is 1. The molecule has 8 heteroatoms. The third-order valence-electron chi connectivity index (χ3n) is 6.25. The van der Waals surface area contributed by atoms with Crippen LogP contribution in [0.5, 0.6) is 0 Å². The highest BCUT2D eigenvalue weighted by molar-refractivity contribution is 7.87. The molecule has 5 aromatic carbocycles. The Hall–Kier alpha value is -3.59. The summed E-state index contributed by atoms with van der Waals surface area (Å²) in [7, 11) is -2.53. The second-order valence-corrected chi connectivity index (χ2v) is 9.55. The number of fused-ring (bicyclic) bond motifs is 2. The molecule has 6 rings (SSSR count). The van der Waals surface area contributed by atoms with E-state index in [-0.39, 0.29) is 18.1 Å². The van der Waals surface area contributed by atoms with Gasteiger partial charge in [-0.1, -0.05) is 36.4 Å². The largest absolute Gasteiger partial charge is 0.382 e. The van der Waals surface area contributed by atoms with Crippen molar-refractivity contribution in [1.29, 1.82) is 0 Å².